The first-order valence-electron chi connectivity index (χ1n) is 12.9. The van der Waals surface area contributed by atoms with E-state index in [1.165, 1.54) is 22.9 Å². The number of amides is 3. The summed E-state index contributed by atoms with van der Waals surface area (Å²) in [6.07, 6.45) is 2.24. The SMILES string of the molecule is Cc1nn(C)c2ncc(C(=O)NC(C(=O)N3CCC[C@H]3C(=O)NC(C=O)CC(=O)O)C(C)C)c(SC(C)C)c12. The molecule has 2 unspecified atom stereocenters. The van der Waals surface area contributed by atoms with Crippen molar-refractivity contribution >= 4 is 52.8 Å². The summed E-state index contributed by atoms with van der Waals surface area (Å²) in [7, 11) is 1.79. The molecule has 1 saturated heterocycles. The molecule has 3 amide bonds. The van der Waals surface area contributed by atoms with Gasteiger partial charge in [-0.15, -0.1) is 11.8 Å². The second-order valence-corrected chi connectivity index (χ2v) is 11.9. The lowest BCUT2D eigenvalue weighted by Crippen LogP contribution is -2.56. The highest BCUT2D eigenvalue weighted by atomic mass is 32.2. The molecule has 13 heteroatoms. The Labute approximate surface area is 231 Å². The van der Waals surface area contributed by atoms with E-state index in [2.05, 4.69) is 20.7 Å². The highest BCUT2D eigenvalue weighted by Gasteiger charge is 2.39. The number of hydrogen-bond donors (Lipinski definition) is 3. The van der Waals surface area contributed by atoms with E-state index in [9.17, 15) is 24.0 Å². The predicted molar refractivity (Wildman–Crippen MR) is 145 cm³/mol. The third kappa shape index (κ3) is 6.75. The molecule has 0 spiro atoms. The molecule has 39 heavy (non-hydrogen) atoms. The van der Waals surface area contributed by atoms with Gasteiger partial charge in [0.2, 0.25) is 11.8 Å². The van der Waals surface area contributed by atoms with Crippen LogP contribution in [0.4, 0.5) is 0 Å². The highest BCUT2D eigenvalue weighted by molar-refractivity contribution is 8.00. The third-order valence-electron chi connectivity index (χ3n) is 6.52. The molecule has 2 aromatic rings. The number of carboxylic acids is 1. The van der Waals surface area contributed by atoms with E-state index in [0.717, 1.165) is 16.0 Å². The quantitative estimate of drug-likeness (QED) is 0.274. The van der Waals surface area contributed by atoms with Crippen molar-refractivity contribution in [3.05, 3.63) is 17.5 Å². The molecule has 3 N–H and O–H groups in total. The van der Waals surface area contributed by atoms with Gasteiger partial charge in [0, 0.05) is 29.9 Å². The fraction of sp³-hybridized carbons (Fsp3) is 0.577. The largest absolute Gasteiger partial charge is 0.481 e. The maximum atomic E-state index is 13.7. The fourth-order valence-electron chi connectivity index (χ4n) is 4.71. The van der Waals surface area contributed by atoms with E-state index < -0.39 is 48.2 Å². The first-order valence-corrected chi connectivity index (χ1v) is 13.8. The summed E-state index contributed by atoms with van der Waals surface area (Å²) in [5.74, 6) is -2.98. The number of rotatable bonds is 11. The zero-order valence-electron chi connectivity index (χ0n) is 23.1. The summed E-state index contributed by atoms with van der Waals surface area (Å²) in [4.78, 5) is 69.0. The van der Waals surface area contributed by atoms with E-state index in [4.69, 9.17) is 5.11 Å². The average Bonchev–Trinajstić information content (AvgIpc) is 3.45. The van der Waals surface area contributed by atoms with Crippen molar-refractivity contribution in [3.63, 3.8) is 0 Å². The molecular formula is C26H36N6O6S. The number of carbonyl (C=O) groups excluding carboxylic acids is 4. The monoisotopic (exact) mass is 560 g/mol. The minimum Gasteiger partial charge on any atom is -0.481 e. The van der Waals surface area contributed by atoms with Crippen molar-refractivity contribution in [1.82, 2.24) is 30.3 Å². The number of aryl methyl sites for hydroxylation is 2. The summed E-state index contributed by atoms with van der Waals surface area (Å²) < 4.78 is 1.67. The summed E-state index contributed by atoms with van der Waals surface area (Å²) >= 11 is 1.52. The molecule has 1 aliphatic heterocycles. The maximum absolute atomic E-state index is 13.7. The lowest BCUT2D eigenvalue weighted by atomic mass is 10.0. The minimum atomic E-state index is -1.22. The molecular weight excluding hydrogens is 524 g/mol. The first kappa shape index (κ1) is 30.1. The van der Waals surface area contributed by atoms with Crippen molar-refractivity contribution in [2.75, 3.05) is 6.54 Å². The fourth-order valence-corrected chi connectivity index (χ4v) is 5.81. The van der Waals surface area contributed by atoms with E-state index in [-0.39, 0.29) is 11.2 Å². The zero-order chi connectivity index (χ0) is 29.0. The number of thioether (sulfide) groups is 1. The number of aliphatic carboxylic acids is 1. The Morgan fingerprint density at radius 1 is 1.21 bits per heavy atom. The number of carbonyl (C=O) groups is 5. The molecule has 0 bridgehead atoms. The molecule has 3 heterocycles. The summed E-state index contributed by atoms with van der Waals surface area (Å²) in [5, 5.41) is 19.7. The van der Waals surface area contributed by atoms with Crippen molar-refractivity contribution in [2.45, 2.75) is 82.2 Å². The molecule has 0 saturated carbocycles. The van der Waals surface area contributed by atoms with Crippen molar-refractivity contribution < 1.29 is 29.1 Å². The Morgan fingerprint density at radius 2 is 1.90 bits per heavy atom. The first-order chi connectivity index (χ1) is 18.3. The maximum Gasteiger partial charge on any atom is 0.305 e. The van der Waals surface area contributed by atoms with Gasteiger partial charge in [-0.05, 0) is 25.7 Å². The highest BCUT2D eigenvalue weighted by Crippen LogP contribution is 2.35. The zero-order valence-corrected chi connectivity index (χ0v) is 23.9. The Bertz CT molecular complexity index is 1280. The van der Waals surface area contributed by atoms with Gasteiger partial charge in [0.15, 0.2) is 5.65 Å². The number of carboxylic acid groups (broad SMARTS) is 1. The molecule has 1 aliphatic rings. The number of aldehydes is 1. The predicted octanol–water partition coefficient (Wildman–Crippen LogP) is 1.68. The second-order valence-electron chi connectivity index (χ2n) is 10.3. The lowest BCUT2D eigenvalue weighted by molar-refractivity contribution is -0.142. The molecule has 3 rings (SSSR count). The number of pyridine rings is 1. The van der Waals surface area contributed by atoms with Gasteiger partial charge in [0.1, 0.15) is 18.4 Å². The Morgan fingerprint density at radius 3 is 2.49 bits per heavy atom. The number of likely N-dealkylation sites (tertiary alicyclic amines) is 1. The lowest BCUT2D eigenvalue weighted by Gasteiger charge is -2.31. The van der Waals surface area contributed by atoms with Crippen LogP contribution in [0.5, 0.6) is 0 Å². The molecule has 0 radical (unpaired) electrons. The van der Waals surface area contributed by atoms with Gasteiger partial charge in [-0.25, -0.2) is 4.98 Å². The van der Waals surface area contributed by atoms with Crippen LogP contribution in [0.3, 0.4) is 0 Å². The average molecular weight is 561 g/mol. The number of fused-ring (bicyclic) bond motifs is 1. The topological polar surface area (TPSA) is 164 Å². The van der Waals surface area contributed by atoms with Crippen molar-refractivity contribution in [1.29, 1.82) is 0 Å². The van der Waals surface area contributed by atoms with Gasteiger partial charge in [0.25, 0.3) is 5.91 Å². The Balaban J connectivity index is 1.86. The van der Waals surface area contributed by atoms with Crippen LogP contribution in [0, 0.1) is 12.8 Å². The van der Waals surface area contributed by atoms with Crippen LogP contribution in [-0.4, -0.2) is 84.7 Å². The summed E-state index contributed by atoms with van der Waals surface area (Å²) in [5.41, 5.74) is 1.75. The van der Waals surface area contributed by atoms with Crippen LogP contribution in [0.1, 0.15) is 63.0 Å². The van der Waals surface area contributed by atoms with Crippen molar-refractivity contribution in [3.8, 4) is 0 Å². The van der Waals surface area contributed by atoms with E-state index in [0.29, 0.717) is 36.9 Å². The van der Waals surface area contributed by atoms with Crippen LogP contribution in [0.2, 0.25) is 0 Å². The molecule has 212 valence electrons. The normalized spacial score (nSPS) is 16.9. The number of nitrogens with zero attached hydrogens (tertiary/aromatic N) is 4. The number of hydrogen-bond acceptors (Lipinski definition) is 8. The van der Waals surface area contributed by atoms with Gasteiger partial charge in [-0.1, -0.05) is 27.7 Å². The van der Waals surface area contributed by atoms with Crippen LogP contribution < -0.4 is 10.6 Å². The van der Waals surface area contributed by atoms with E-state index in [1.54, 1.807) is 25.6 Å². The molecule has 3 atom stereocenters. The molecule has 12 nitrogen and oxygen atoms in total. The molecule has 2 aromatic heterocycles. The van der Waals surface area contributed by atoms with Crippen LogP contribution in [-0.2, 0) is 26.2 Å². The molecule has 1 fully saturated rings. The van der Waals surface area contributed by atoms with Crippen LogP contribution in [0.25, 0.3) is 11.0 Å². The van der Waals surface area contributed by atoms with E-state index in [1.807, 2.05) is 20.8 Å². The van der Waals surface area contributed by atoms with Gasteiger partial charge >= 0.3 is 5.97 Å². The number of nitrogens with one attached hydrogen (secondary N) is 2. The van der Waals surface area contributed by atoms with Gasteiger partial charge in [0.05, 0.1) is 29.1 Å². The standard InChI is InChI=1S/C26H36N6O6S/c1-13(2)21(26(38)32-9-7-8-18(32)25(37)28-16(12-33)10-19(34)35)29-24(36)17-11-27-23-20(15(5)30-31(23)6)22(17)39-14(3)4/h11-14,16,18,21H,7-10H2,1-6H3,(H,28,37)(H,29,36)(H,34,35)/t16?,18-,21?/m0/s1. The summed E-state index contributed by atoms with van der Waals surface area (Å²) in [6, 6.07) is -2.98. The summed E-state index contributed by atoms with van der Waals surface area (Å²) in [6.45, 7) is 9.82. The second kappa shape index (κ2) is 12.6. The smallest absolute Gasteiger partial charge is 0.305 e. The van der Waals surface area contributed by atoms with Gasteiger partial charge < -0.3 is 25.4 Å². The van der Waals surface area contributed by atoms with Crippen molar-refractivity contribution in [2.24, 2.45) is 13.0 Å². The Kier molecular flexibility index (Phi) is 9.70. The van der Waals surface area contributed by atoms with Crippen LogP contribution >= 0.6 is 11.8 Å². The Hall–Kier alpha value is -3.48. The van der Waals surface area contributed by atoms with Gasteiger partial charge in [-0.3, -0.25) is 23.9 Å². The number of aromatic nitrogens is 3. The molecule has 0 aromatic carbocycles. The van der Waals surface area contributed by atoms with Gasteiger partial charge in [-0.2, -0.15) is 5.10 Å². The third-order valence-corrected chi connectivity index (χ3v) is 7.65. The minimum absolute atomic E-state index is 0.171. The van der Waals surface area contributed by atoms with Crippen LogP contribution in [0.15, 0.2) is 11.1 Å². The van der Waals surface area contributed by atoms with E-state index >= 15 is 0 Å². The molecule has 0 aliphatic carbocycles.